The van der Waals surface area contributed by atoms with Gasteiger partial charge in [0.05, 0.1) is 11.4 Å². The van der Waals surface area contributed by atoms with Crippen LogP contribution < -0.4 is 10.6 Å². The van der Waals surface area contributed by atoms with Crippen LogP contribution in [0.2, 0.25) is 0 Å². The highest BCUT2D eigenvalue weighted by Crippen LogP contribution is 2.34. The summed E-state index contributed by atoms with van der Waals surface area (Å²) in [5, 5.41) is 5.76. The van der Waals surface area contributed by atoms with Gasteiger partial charge in [0.1, 0.15) is 17.8 Å². The van der Waals surface area contributed by atoms with Crippen molar-refractivity contribution in [2.45, 2.75) is 38.3 Å². The first kappa shape index (κ1) is 23.2. The topological polar surface area (TPSA) is 93.2 Å². The maximum Gasteiger partial charge on any atom is 0.246 e. The molecule has 1 atom stereocenters. The molecule has 0 radical (unpaired) electrons. The SMILES string of the molecule is C=CC(=O)N1CCCC(n2nc(-c3ccc(CN4CCCc5ccccc54)cc3)c3c(N)ncnc32)C1. The van der Waals surface area contributed by atoms with Crippen LogP contribution in [0.1, 0.15) is 36.4 Å². The molecule has 2 N–H and O–H groups in total. The van der Waals surface area contributed by atoms with Crippen molar-refractivity contribution in [3.63, 3.8) is 0 Å². The Kier molecular flexibility index (Phi) is 6.08. The lowest BCUT2D eigenvalue weighted by molar-refractivity contribution is -0.127. The van der Waals surface area contributed by atoms with Crippen molar-refractivity contribution < 1.29 is 4.79 Å². The summed E-state index contributed by atoms with van der Waals surface area (Å²) in [5.41, 5.74) is 12.8. The molecule has 188 valence electrons. The predicted molar refractivity (Wildman–Crippen MR) is 146 cm³/mol. The minimum atomic E-state index is -0.0533. The maximum atomic E-state index is 12.3. The number of piperidine rings is 1. The van der Waals surface area contributed by atoms with Gasteiger partial charge in [0.15, 0.2) is 5.65 Å². The van der Waals surface area contributed by atoms with Gasteiger partial charge in [-0.15, -0.1) is 0 Å². The molecule has 0 bridgehead atoms. The van der Waals surface area contributed by atoms with Gasteiger partial charge in [0.25, 0.3) is 0 Å². The molecule has 2 aliphatic rings. The normalized spacial score (nSPS) is 17.6. The number of para-hydroxylation sites is 1. The fraction of sp³-hybridized carbons (Fsp3) is 0.310. The number of likely N-dealkylation sites (tertiary alicyclic amines) is 1. The van der Waals surface area contributed by atoms with Gasteiger partial charge in [-0.1, -0.05) is 49.0 Å². The van der Waals surface area contributed by atoms with Crippen molar-refractivity contribution in [3.05, 3.63) is 78.6 Å². The minimum Gasteiger partial charge on any atom is -0.383 e. The summed E-state index contributed by atoms with van der Waals surface area (Å²) in [7, 11) is 0. The number of aromatic nitrogens is 4. The van der Waals surface area contributed by atoms with E-state index in [0.717, 1.165) is 55.5 Å². The summed E-state index contributed by atoms with van der Waals surface area (Å²) in [6, 6.07) is 17.3. The number of nitrogen functional groups attached to an aromatic ring is 1. The molecule has 2 aromatic heterocycles. The molecule has 0 saturated carbocycles. The van der Waals surface area contributed by atoms with Gasteiger partial charge in [0.2, 0.25) is 5.91 Å². The summed E-state index contributed by atoms with van der Waals surface area (Å²) < 4.78 is 1.93. The van der Waals surface area contributed by atoms with E-state index in [4.69, 9.17) is 10.8 Å². The quantitative estimate of drug-likeness (QED) is 0.415. The summed E-state index contributed by atoms with van der Waals surface area (Å²) in [4.78, 5) is 25.3. The standard InChI is InChI=1S/C29H31N7O/c1-2-25(37)35-16-6-9-23(18-35)36-29-26(28(30)31-19-32-29)27(33-36)22-13-11-20(12-14-22)17-34-15-5-8-21-7-3-4-10-24(21)34/h2-4,7,10-14,19,23H,1,5-6,8-9,15-18H2,(H2,30,31,32). The Labute approximate surface area is 216 Å². The van der Waals surface area contributed by atoms with E-state index >= 15 is 0 Å². The summed E-state index contributed by atoms with van der Waals surface area (Å²) in [6.07, 6.45) is 6.99. The highest BCUT2D eigenvalue weighted by atomic mass is 16.2. The third-order valence-electron chi connectivity index (χ3n) is 7.55. The van der Waals surface area contributed by atoms with Gasteiger partial charge in [-0.25, -0.2) is 14.6 Å². The number of nitrogens with zero attached hydrogens (tertiary/aromatic N) is 6. The second-order valence-corrected chi connectivity index (χ2v) is 9.89. The number of carbonyl (C=O) groups excluding carboxylic acids is 1. The Morgan fingerprint density at radius 2 is 1.92 bits per heavy atom. The number of hydrogen-bond donors (Lipinski definition) is 1. The highest BCUT2D eigenvalue weighted by Gasteiger charge is 2.28. The summed E-state index contributed by atoms with van der Waals surface area (Å²) in [6.45, 7) is 6.87. The number of aryl methyl sites for hydroxylation is 1. The predicted octanol–water partition coefficient (Wildman–Crippen LogP) is 4.38. The van der Waals surface area contributed by atoms with Gasteiger partial charge in [0, 0.05) is 37.4 Å². The molecule has 37 heavy (non-hydrogen) atoms. The van der Waals surface area contributed by atoms with Crippen LogP contribution in [0, 0.1) is 0 Å². The first-order chi connectivity index (χ1) is 18.1. The minimum absolute atomic E-state index is 0.0154. The second-order valence-electron chi connectivity index (χ2n) is 9.89. The van der Waals surface area contributed by atoms with E-state index in [1.165, 1.54) is 35.6 Å². The molecule has 1 fully saturated rings. The third-order valence-corrected chi connectivity index (χ3v) is 7.55. The van der Waals surface area contributed by atoms with E-state index in [1.54, 1.807) is 0 Å². The van der Waals surface area contributed by atoms with Gasteiger partial charge in [-0.05, 0) is 49.0 Å². The van der Waals surface area contributed by atoms with Crippen LogP contribution in [0.15, 0.2) is 67.5 Å². The monoisotopic (exact) mass is 493 g/mol. The largest absolute Gasteiger partial charge is 0.383 e. The van der Waals surface area contributed by atoms with E-state index in [0.29, 0.717) is 18.0 Å². The van der Waals surface area contributed by atoms with E-state index < -0.39 is 0 Å². The summed E-state index contributed by atoms with van der Waals surface area (Å²) in [5.74, 6) is 0.359. The lowest BCUT2D eigenvalue weighted by Crippen LogP contribution is -2.40. The molecule has 4 aromatic rings. The van der Waals surface area contributed by atoms with Crippen LogP contribution >= 0.6 is 0 Å². The average molecular weight is 494 g/mol. The van der Waals surface area contributed by atoms with E-state index in [1.807, 2.05) is 9.58 Å². The molecule has 2 aliphatic heterocycles. The van der Waals surface area contributed by atoms with Crippen LogP contribution in [0.5, 0.6) is 0 Å². The van der Waals surface area contributed by atoms with Crippen molar-refractivity contribution in [2.75, 3.05) is 30.3 Å². The van der Waals surface area contributed by atoms with Crippen LogP contribution in [0.3, 0.4) is 0 Å². The van der Waals surface area contributed by atoms with Crippen LogP contribution in [0.25, 0.3) is 22.3 Å². The molecule has 6 rings (SSSR count). The molecular weight excluding hydrogens is 462 g/mol. The average Bonchev–Trinajstić information content (AvgIpc) is 3.34. The van der Waals surface area contributed by atoms with Crippen molar-refractivity contribution in [3.8, 4) is 11.3 Å². The lowest BCUT2D eigenvalue weighted by atomic mass is 10.0. The smallest absolute Gasteiger partial charge is 0.246 e. The van der Waals surface area contributed by atoms with Crippen molar-refractivity contribution in [1.82, 2.24) is 24.6 Å². The van der Waals surface area contributed by atoms with E-state index in [9.17, 15) is 4.79 Å². The number of nitrogens with two attached hydrogens (primary N) is 1. The molecule has 0 spiro atoms. The molecule has 8 nitrogen and oxygen atoms in total. The Morgan fingerprint density at radius 1 is 1.08 bits per heavy atom. The maximum absolute atomic E-state index is 12.3. The zero-order valence-electron chi connectivity index (χ0n) is 20.9. The lowest BCUT2D eigenvalue weighted by Gasteiger charge is -2.32. The molecule has 0 aliphatic carbocycles. The number of benzene rings is 2. The fourth-order valence-electron chi connectivity index (χ4n) is 5.70. The number of amides is 1. The second kappa shape index (κ2) is 9.69. The van der Waals surface area contributed by atoms with Gasteiger partial charge >= 0.3 is 0 Å². The Morgan fingerprint density at radius 3 is 2.76 bits per heavy atom. The molecule has 1 saturated heterocycles. The summed E-state index contributed by atoms with van der Waals surface area (Å²) >= 11 is 0. The number of anilines is 2. The molecule has 4 heterocycles. The number of fused-ring (bicyclic) bond motifs is 2. The highest BCUT2D eigenvalue weighted by molar-refractivity contribution is 5.98. The van der Waals surface area contributed by atoms with Crippen molar-refractivity contribution in [2.24, 2.45) is 0 Å². The Balaban J connectivity index is 1.31. The third kappa shape index (κ3) is 4.33. The van der Waals surface area contributed by atoms with Gasteiger partial charge in [-0.3, -0.25) is 4.79 Å². The van der Waals surface area contributed by atoms with Crippen LogP contribution in [0.4, 0.5) is 11.5 Å². The first-order valence-corrected chi connectivity index (χ1v) is 12.9. The molecule has 2 aromatic carbocycles. The number of hydrogen-bond acceptors (Lipinski definition) is 6. The van der Waals surface area contributed by atoms with E-state index in [-0.39, 0.29) is 11.9 Å². The van der Waals surface area contributed by atoms with Crippen molar-refractivity contribution >= 4 is 28.4 Å². The van der Waals surface area contributed by atoms with Crippen LogP contribution in [-0.4, -0.2) is 50.2 Å². The Hall–Kier alpha value is -4.20. The molecule has 8 heteroatoms. The van der Waals surface area contributed by atoms with Gasteiger partial charge < -0.3 is 15.5 Å². The number of carbonyl (C=O) groups is 1. The van der Waals surface area contributed by atoms with Gasteiger partial charge in [-0.2, -0.15) is 5.10 Å². The van der Waals surface area contributed by atoms with Crippen LogP contribution in [-0.2, 0) is 17.8 Å². The molecule has 1 unspecified atom stereocenters. The first-order valence-electron chi connectivity index (χ1n) is 12.9. The van der Waals surface area contributed by atoms with Crippen molar-refractivity contribution in [1.29, 1.82) is 0 Å². The zero-order chi connectivity index (χ0) is 25.4. The number of rotatable bonds is 5. The van der Waals surface area contributed by atoms with E-state index in [2.05, 4.69) is 70.0 Å². The molecule has 1 amide bonds. The Bertz CT molecular complexity index is 1460. The fourth-order valence-corrected chi connectivity index (χ4v) is 5.70. The zero-order valence-corrected chi connectivity index (χ0v) is 20.9. The molecular formula is C29H31N7O.